The molecule has 0 aromatic heterocycles. The van der Waals surface area contributed by atoms with E-state index in [9.17, 15) is 9.59 Å². The summed E-state index contributed by atoms with van der Waals surface area (Å²) in [6.07, 6.45) is 15.6. The third-order valence-electron chi connectivity index (χ3n) is 7.69. The quantitative estimate of drug-likeness (QED) is 0.267. The molecule has 2 unspecified atom stereocenters. The Kier molecular flexibility index (Phi) is 10.4. The molecule has 0 amide bonds. The van der Waals surface area contributed by atoms with E-state index in [1.54, 1.807) is 6.08 Å². The fourth-order valence-corrected chi connectivity index (χ4v) is 5.71. The highest BCUT2D eigenvalue weighted by atomic mass is 16.6. The molecule has 38 heavy (non-hydrogen) atoms. The molecule has 3 aliphatic heterocycles. The average Bonchev–Trinajstić information content (AvgIpc) is 2.89. The number of cyclic esters (lactones) is 1. The van der Waals surface area contributed by atoms with Gasteiger partial charge < -0.3 is 18.9 Å². The van der Waals surface area contributed by atoms with E-state index >= 15 is 0 Å². The zero-order valence-electron chi connectivity index (χ0n) is 22.9. The van der Waals surface area contributed by atoms with Crippen molar-refractivity contribution in [3.63, 3.8) is 0 Å². The van der Waals surface area contributed by atoms with Gasteiger partial charge in [0.25, 0.3) is 0 Å². The van der Waals surface area contributed by atoms with Crippen LogP contribution in [0.4, 0.5) is 0 Å². The van der Waals surface area contributed by atoms with Gasteiger partial charge in [0.2, 0.25) is 0 Å². The van der Waals surface area contributed by atoms with Crippen molar-refractivity contribution in [2.45, 2.75) is 95.7 Å². The predicted molar refractivity (Wildman–Crippen MR) is 147 cm³/mol. The third-order valence-corrected chi connectivity index (χ3v) is 7.69. The molecule has 6 nitrogen and oxygen atoms in total. The molecule has 6 heteroatoms. The molecule has 206 valence electrons. The Morgan fingerprint density at radius 1 is 0.921 bits per heavy atom. The van der Waals surface area contributed by atoms with Gasteiger partial charge in [-0.1, -0.05) is 68.0 Å². The highest BCUT2D eigenvalue weighted by Crippen LogP contribution is 2.33. The minimum absolute atomic E-state index is 0.00379. The van der Waals surface area contributed by atoms with E-state index in [1.165, 1.54) is 7.11 Å². The van der Waals surface area contributed by atoms with E-state index in [2.05, 4.69) is 26.0 Å². The zero-order chi connectivity index (χ0) is 26.9. The van der Waals surface area contributed by atoms with Gasteiger partial charge in [-0.3, -0.25) is 4.79 Å². The molecular formula is C32H42O6. The normalized spacial score (nSPS) is 35.0. The molecule has 4 rings (SSSR count). The number of rotatable bonds is 3. The van der Waals surface area contributed by atoms with Crippen molar-refractivity contribution in [3.8, 4) is 0 Å². The van der Waals surface area contributed by atoms with Crippen LogP contribution < -0.4 is 0 Å². The first kappa shape index (κ1) is 28.3. The van der Waals surface area contributed by atoms with Crippen LogP contribution in [0.15, 0.2) is 60.2 Å². The lowest BCUT2D eigenvalue weighted by Gasteiger charge is -2.37. The molecule has 0 aliphatic carbocycles. The molecule has 0 spiro atoms. The summed E-state index contributed by atoms with van der Waals surface area (Å²) in [7, 11) is 1.38. The maximum Gasteiger partial charge on any atom is 0.330 e. The minimum Gasteiger partial charge on any atom is -0.466 e. The van der Waals surface area contributed by atoms with Crippen molar-refractivity contribution in [2.75, 3.05) is 7.11 Å². The highest BCUT2D eigenvalue weighted by Gasteiger charge is 2.33. The Morgan fingerprint density at radius 3 is 2.39 bits per heavy atom. The van der Waals surface area contributed by atoms with E-state index in [4.69, 9.17) is 18.9 Å². The van der Waals surface area contributed by atoms with E-state index in [0.29, 0.717) is 18.8 Å². The first-order valence-electron chi connectivity index (χ1n) is 14.1. The van der Waals surface area contributed by atoms with Gasteiger partial charge in [0.1, 0.15) is 6.10 Å². The lowest BCUT2D eigenvalue weighted by Crippen LogP contribution is -2.37. The Hall–Kier alpha value is -2.70. The Labute approximate surface area is 227 Å². The summed E-state index contributed by atoms with van der Waals surface area (Å²) in [5.41, 5.74) is 2.00. The molecule has 7 atom stereocenters. The smallest absolute Gasteiger partial charge is 0.330 e. The molecule has 1 aromatic rings. The molecule has 1 aromatic carbocycles. The summed E-state index contributed by atoms with van der Waals surface area (Å²) >= 11 is 0. The maximum absolute atomic E-state index is 13.2. The Bertz CT molecular complexity index is 1010. The summed E-state index contributed by atoms with van der Waals surface area (Å²) in [6, 6.07) is 10.0. The highest BCUT2D eigenvalue weighted by molar-refractivity contribution is 5.82. The third kappa shape index (κ3) is 8.67. The van der Waals surface area contributed by atoms with E-state index < -0.39 is 6.10 Å². The molecule has 2 fully saturated rings. The predicted octanol–water partition coefficient (Wildman–Crippen LogP) is 6.21. The monoisotopic (exact) mass is 522 g/mol. The first-order chi connectivity index (χ1) is 18.4. The van der Waals surface area contributed by atoms with Gasteiger partial charge in [-0.25, -0.2) is 4.79 Å². The van der Waals surface area contributed by atoms with Crippen molar-refractivity contribution < 1.29 is 28.5 Å². The molecule has 0 N–H and O–H groups in total. The van der Waals surface area contributed by atoms with Gasteiger partial charge in [-0.05, 0) is 56.1 Å². The summed E-state index contributed by atoms with van der Waals surface area (Å²) in [4.78, 5) is 25.2. The van der Waals surface area contributed by atoms with Gasteiger partial charge in [0.05, 0.1) is 37.9 Å². The van der Waals surface area contributed by atoms with Crippen LogP contribution in [0.5, 0.6) is 0 Å². The van der Waals surface area contributed by atoms with E-state index in [0.717, 1.165) is 43.2 Å². The maximum atomic E-state index is 13.2. The van der Waals surface area contributed by atoms with Crippen LogP contribution in [0.3, 0.4) is 0 Å². The van der Waals surface area contributed by atoms with Gasteiger partial charge in [-0.2, -0.15) is 0 Å². The second-order valence-electron chi connectivity index (χ2n) is 11.0. The minimum atomic E-state index is -0.404. The second-order valence-corrected chi connectivity index (χ2v) is 11.0. The molecule has 2 saturated heterocycles. The van der Waals surface area contributed by atoms with Crippen LogP contribution in [-0.4, -0.2) is 49.6 Å². The average molecular weight is 523 g/mol. The van der Waals surface area contributed by atoms with Crippen molar-refractivity contribution >= 4 is 18.0 Å². The largest absolute Gasteiger partial charge is 0.466 e. The van der Waals surface area contributed by atoms with Crippen LogP contribution in [0, 0.1) is 11.8 Å². The number of carbonyl (C=O) groups excluding carboxylic acids is 2. The van der Waals surface area contributed by atoms with Crippen molar-refractivity contribution in [1.82, 2.24) is 0 Å². The fraction of sp³-hybridized carbons (Fsp3) is 0.562. The second kappa shape index (κ2) is 13.9. The van der Waals surface area contributed by atoms with Crippen LogP contribution >= 0.6 is 0 Å². The first-order valence-corrected chi connectivity index (χ1v) is 14.1. The summed E-state index contributed by atoms with van der Waals surface area (Å²) in [6.45, 7) is 4.30. The van der Waals surface area contributed by atoms with Gasteiger partial charge in [0.15, 0.2) is 0 Å². The Morgan fingerprint density at radius 2 is 1.63 bits per heavy atom. The number of allylic oxidation sites excluding steroid dienone is 1. The van der Waals surface area contributed by atoms with Crippen molar-refractivity contribution in [2.24, 2.45) is 11.8 Å². The number of ether oxygens (including phenoxy) is 4. The van der Waals surface area contributed by atoms with Crippen molar-refractivity contribution in [3.05, 3.63) is 65.8 Å². The number of methoxy groups -OCH3 is 1. The molecule has 4 bridgehead atoms. The van der Waals surface area contributed by atoms with Gasteiger partial charge >= 0.3 is 11.9 Å². The van der Waals surface area contributed by atoms with Crippen LogP contribution in [-0.2, 0) is 28.5 Å². The van der Waals surface area contributed by atoms with Gasteiger partial charge in [-0.15, -0.1) is 0 Å². The van der Waals surface area contributed by atoms with Gasteiger partial charge in [0, 0.05) is 18.4 Å². The number of esters is 2. The SMILES string of the molecule is COC(=O)/C=C1/CC2C[C@@H]3CCCC(C[C@@H](C)/C=C/[C@H](C)[C@H](/C=C/c4ccccc4)OC(=O)C[C@H](C1)O2)O3. The number of fused-ring (bicyclic) bond motifs is 4. The molecule has 0 saturated carbocycles. The van der Waals surface area contributed by atoms with Crippen molar-refractivity contribution in [1.29, 1.82) is 0 Å². The number of benzene rings is 1. The van der Waals surface area contributed by atoms with Crippen LogP contribution in [0.2, 0.25) is 0 Å². The summed E-state index contributed by atoms with van der Waals surface area (Å²) < 4.78 is 23.8. The van der Waals surface area contributed by atoms with E-state index in [-0.39, 0.29) is 48.7 Å². The van der Waals surface area contributed by atoms with E-state index in [1.807, 2.05) is 42.5 Å². The lowest BCUT2D eigenvalue weighted by atomic mass is 9.89. The molecule has 0 radical (unpaired) electrons. The zero-order valence-corrected chi connectivity index (χ0v) is 22.9. The molecular weight excluding hydrogens is 480 g/mol. The number of hydrogen-bond acceptors (Lipinski definition) is 6. The lowest BCUT2D eigenvalue weighted by molar-refractivity contribution is -0.154. The molecule has 3 aliphatic rings. The fourth-order valence-electron chi connectivity index (χ4n) is 5.71. The Balaban J connectivity index is 1.57. The topological polar surface area (TPSA) is 71.1 Å². The summed E-state index contributed by atoms with van der Waals surface area (Å²) in [5.74, 6) is -0.318. The summed E-state index contributed by atoms with van der Waals surface area (Å²) in [5, 5.41) is 0. The van der Waals surface area contributed by atoms with Crippen LogP contribution in [0.1, 0.15) is 70.8 Å². The number of hydrogen-bond donors (Lipinski definition) is 0. The van der Waals surface area contributed by atoms with Crippen LogP contribution in [0.25, 0.3) is 6.08 Å². The number of carbonyl (C=O) groups is 2. The molecule has 3 heterocycles. The standard InChI is InChI=1S/C32H42O6/c1-22-12-13-23(2)30(15-14-24-8-5-4-6-9-24)38-32(34)21-29-18-25(19-31(33)35-3)17-28(37-29)20-27-11-7-10-26(16-22)36-27/h4-6,8-9,12-15,19,22-23,26-30H,7,10-11,16-18,20-21H2,1-3H3/b13-12+,15-14+,25-19-/t22-,23-,26?,27-,28?,29-,30-/m0/s1.